The van der Waals surface area contributed by atoms with E-state index in [9.17, 15) is 4.79 Å². The van der Waals surface area contributed by atoms with E-state index < -0.39 is 37.0 Å². The van der Waals surface area contributed by atoms with E-state index in [0.717, 1.165) is 11.1 Å². The number of hydrogen-bond donors (Lipinski definition) is 0. The Morgan fingerprint density at radius 1 is 0.704 bits per heavy atom. The number of Topliss-reactive ketones (excluding diaryl/α,β-unsaturated/α-hetero) is 1. The molecule has 3 saturated heterocycles. The molecular formula is C21H20O6. The normalized spacial score (nSPS) is 34.1. The molecule has 6 nitrogen and oxygen atoms in total. The first kappa shape index (κ1) is 17.0. The summed E-state index contributed by atoms with van der Waals surface area (Å²) in [5, 5.41) is 0. The van der Waals surface area contributed by atoms with E-state index in [1.807, 2.05) is 60.7 Å². The summed E-state index contributed by atoms with van der Waals surface area (Å²) in [5.74, 6) is -0.137. The van der Waals surface area contributed by atoms with Crippen LogP contribution in [-0.2, 0) is 41.7 Å². The zero-order valence-corrected chi connectivity index (χ0v) is 14.6. The van der Waals surface area contributed by atoms with Gasteiger partial charge in [-0.1, -0.05) is 60.7 Å². The fourth-order valence-corrected chi connectivity index (χ4v) is 3.82. The van der Waals surface area contributed by atoms with Crippen molar-refractivity contribution in [2.45, 2.75) is 50.2 Å². The molecule has 0 aromatic heterocycles. The zero-order valence-electron chi connectivity index (χ0n) is 14.6. The Kier molecular flexibility index (Phi) is 4.51. The first-order chi connectivity index (χ1) is 13.3. The highest BCUT2D eigenvalue weighted by atomic mass is 16.9. The summed E-state index contributed by atoms with van der Waals surface area (Å²) in [6, 6.07) is 19.6. The van der Waals surface area contributed by atoms with Gasteiger partial charge in [-0.2, -0.15) is 0 Å². The minimum absolute atomic E-state index is 0.137. The number of ketones is 1. The van der Waals surface area contributed by atoms with Gasteiger partial charge in [-0.15, -0.1) is 0 Å². The van der Waals surface area contributed by atoms with Crippen molar-refractivity contribution in [3.8, 4) is 0 Å². The van der Waals surface area contributed by atoms with E-state index in [0.29, 0.717) is 13.2 Å². The first-order valence-electron chi connectivity index (χ1n) is 9.11. The average Bonchev–Trinajstić information content (AvgIpc) is 2.72. The van der Waals surface area contributed by atoms with Crippen molar-refractivity contribution in [1.82, 2.24) is 0 Å². The third-order valence-electron chi connectivity index (χ3n) is 5.16. The number of carbonyl (C=O) groups is 1. The standard InChI is InChI=1S/C21H20O6/c22-15-16-18(23-11-13-7-3-1-4-8-13)20-19(17(15)26-21(25-16)27-20)24-12-14-9-5-2-6-10-14/h1-10,16-21H,11-12H2/t16-,17+,18+,19-,20?,21?. The molecule has 140 valence electrons. The Morgan fingerprint density at radius 3 is 1.67 bits per heavy atom. The monoisotopic (exact) mass is 368 g/mol. The lowest BCUT2D eigenvalue weighted by atomic mass is 9.83. The van der Waals surface area contributed by atoms with Crippen LogP contribution < -0.4 is 0 Å². The van der Waals surface area contributed by atoms with Crippen molar-refractivity contribution in [3.05, 3.63) is 71.8 Å². The van der Waals surface area contributed by atoms with Crippen molar-refractivity contribution in [1.29, 1.82) is 0 Å². The fourth-order valence-electron chi connectivity index (χ4n) is 3.82. The molecular weight excluding hydrogens is 348 g/mol. The molecule has 4 fully saturated rings. The van der Waals surface area contributed by atoms with E-state index in [2.05, 4.69) is 0 Å². The molecule has 2 unspecified atom stereocenters. The molecule has 0 radical (unpaired) electrons. The van der Waals surface area contributed by atoms with Gasteiger partial charge in [0.1, 0.15) is 18.3 Å². The van der Waals surface area contributed by atoms with Crippen molar-refractivity contribution >= 4 is 5.78 Å². The summed E-state index contributed by atoms with van der Waals surface area (Å²) >= 11 is 0. The smallest absolute Gasteiger partial charge is 0.273 e. The third-order valence-corrected chi connectivity index (χ3v) is 5.16. The van der Waals surface area contributed by atoms with Crippen LogP contribution in [0.5, 0.6) is 0 Å². The second-order valence-corrected chi connectivity index (χ2v) is 6.93. The maximum absolute atomic E-state index is 12.8. The molecule has 1 saturated carbocycles. The Hall–Kier alpha value is -2.09. The van der Waals surface area contributed by atoms with Gasteiger partial charge in [-0.25, -0.2) is 0 Å². The van der Waals surface area contributed by atoms with E-state index >= 15 is 0 Å². The van der Waals surface area contributed by atoms with Crippen LogP contribution in [0, 0.1) is 0 Å². The molecule has 4 bridgehead atoms. The molecule has 4 aliphatic rings. The molecule has 0 spiro atoms. The largest absolute Gasteiger partial charge is 0.368 e. The summed E-state index contributed by atoms with van der Waals surface area (Å²) < 4.78 is 29.1. The van der Waals surface area contributed by atoms with Crippen LogP contribution in [0.25, 0.3) is 0 Å². The Balaban J connectivity index is 1.32. The van der Waals surface area contributed by atoms with Crippen LogP contribution in [0.3, 0.4) is 0 Å². The summed E-state index contributed by atoms with van der Waals surface area (Å²) in [4.78, 5) is 12.8. The summed E-state index contributed by atoms with van der Waals surface area (Å²) in [6.07, 6.45) is -2.79. The highest BCUT2D eigenvalue weighted by Gasteiger charge is 2.62. The SMILES string of the molecule is O=C1[C@H]2OC3OC([C@H]2OCc2ccccc2)[C@H](OCc2ccccc2)[C@H]1O3. The van der Waals surface area contributed by atoms with Gasteiger partial charge in [0.2, 0.25) is 0 Å². The van der Waals surface area contributed by atoms with Crippen molar-refractivity contribution in [3.63, 3.8) is 0 Å². The van der Waals surface area contributed by atoms with Gasteiger partial charge in [0.25, 0.3) is 6.48 Å². The highest BCUT2D eigenvalue weighted by molar-refractivity contribution is 5.90. The molecule has 1 aliphatic carbocycles. The number of carbonyl (C=O) groups excluding carboxylic acids is 1. The quantitative estimate of drug-likeness (QED) is 0.779. The van der Waals surface area contributed by atoms with Gasteiger partial charge in [-0.05, 0) is 11.1 Å². The fraction of sp³-hybridized carbons (Fsp3) is 0.381. The zero-order chi connectivity index (χ0) is 18.2. The van der Waals surface area contributed by atoms with Gasteiger partial charge >= 0.3 is 0 Å². The Morgan fingerprint density at radius 2 is 1.19 bits per heavy atom. The van der Waals surface area contributed by atoms with Crippen molar-refractivity contribution < 1.29 is 28.5 Å². The lowest BCUT2D eigenvalue weighted by Gasteiger charge is -2.54. The maximum Gasteiger partial charge on any atom is 0.273 e. The molecule has 27 heavy (non-hydrogen) atoms. The molecule has 2 aromatic carbocycles. The van der Waals surface area contributed by atoms with E-state index in [1.165, 1.54) is 0 Å². The van der Waals surface area contributed by atoms with Crippen LogP contribution in [0.4, 0.5) is 0 Å². The van der Waals surface area contributed by atoms with Gasteiger partial charge < -0.3 is 23.7 Å². The van der Waals surface area contributed by atoms with Gasteiger partial charge in [-0.3, -0.25) is 4.79 Å². The Labute approximate surface area is 156 Å². The topological polar surface area (TPSA) is 63.2 Å². The predicted octanol–water partition coefficient (Wildman–Crippen LogP) is 2.21. The summed E-state index contributed by atoms with van der Waals surface area (Å²) in [6.45, 7) is -0.0731. The molecule has 2 aromatic rings. The van der Waals surface area contributed by atoms with Crippen LogP contribution in [-0.4, -0.2) is 42.8 Å². The van der Waals surface area contributed by atoms with Crippen molar-refractivity contribution in [2.24, 2.45) is 0 Å². The lowest BCUT2D eigenvalue weighted by molar-refractivity contribution is -0.446. The minimum Gasteiger partial charge on any atom is -0.368 e. The molecule has 0 amide bonds. The summed E-state index contributed by atoms with van der Waals surface area (Å²) in [7, 11) is 0. The minimum atomic E-state index is -0.823. The van der Waals surface area contributed by atoms with Crippen molar-refractivity contribution in [2.75, 3.05) is 0 Å². The third kappa shape index (κ3) is 3.20. The highest BCUT2D eigenvalue weighted by Crippen LogP contribution is 2.40. The second kappa shape index (κ2) is 7.14. The Bertz CT molecular complexity index is 731. The second-order valence-electron chi connectivity index (χ2n) is 6.93. The molecule has 3 heterocycles. The molecule has 3 aliphatic heterocycles. The number of benzene rings is 2. The number of hydrogen-bond acceptors (Lipinski definition) is 6. The van der Waals surface area contributed by atoms with Gasteiger partial charge in [0, 0.05) is 0 Å². The molecule has 6 rings (SSSR count). The van der Waals surface area contributed by atoms with Crippen LogP contribution in [0.1, 0.15) is 11.1 Å². The summed E-state index contributed by atoms with van der Waals surface area (Å²) in [5.41, 5.74) is 2.05. The van der Waals surface area contributed by atoms with Gasteiger partial charge in [0.05, 0.1) is 13.2 Å². The van der Waals surface area contributed by atoms with E-state index in [-0.39, 0.29) is 5.78 Å². The lowest BCUT2D eigenvalue weighted by Crippen LogP contribution is -2.74. The predicted molar refractivity (Wildman–Crippen MR) is 93.5 cm³/mol. The van der Waals surface area contributed by atoms with E-state index in [1.54, 1.807) is 0 Å². The number of rotatable bonds is 6. The van der Waals surface area contributed by atoms with Crippen LogP contribution in [0.2, 0.25) is 0 Å². The molecule has 0 N–H and O–H groups in total. The number of ether oxygens (including phenoxy) is 5. The van der Waals surface area contributed by atoms with Crippen LogP contribution in [0.15, 0.2) is 60.7 Å². The average molecular weight is 368 g/mol. The molecule has 6 heteroatoms. The molecule has 6 atom stereocenters. The van der Waals surface area contributed by atoms with Gasteiger partial charge in [0.15, 0.2) is 18.0 Å². The maximum atomic E-state index is 12.8. The van der Waals surface area contributed by atoms with Crippen LogP contribution >= 0.6 is 0 Å². The first-order valence-corrected chi connectivity index (χ1v) is 9.11. The van der Waals surface area contributed by atoms with E-state index in [4.69, 9.17) is 23.7 Å².